The van der Waals surface area contributed by atoms with E-state index < -0.39 is 6.10 Å². The van der Waals surface area contributed by atoms with Gasteiger partial charge in [-0.05, 0) is 11.1 Å². The summed E-state index contributed by atoms with van der Waals surface area (Å²) in [5, 5.41) is 9.57. The van der Waals surface area contributed by atoms with Crippen molar-refractivity contribution in [2.45, 2.75) is 12.5 Å². The van der Waals surface area contributed by atoms with Crippen molar-refractivity contribution in [3.8, 4) is 12.3 Å². The summed E-state index contributed by atoms with van der Waals surface area (Å²) in [6.45, 7) is 3.64. The third-order valence-corrected chi connectivity index (χ3v) is 1.97. The Hall–Kier alpha value is -1.78. The zero-order valence-electron chi connectivity index (χ0n) is 8.56. The van der Waals surface area contributed by atoms with E-state index in [2.05, 4.69) is 12.5 Å². The predicted octanol–water partition coefficient (Wildman–Crippen LogP) is 2.64. The van der Waals surface area contributed by atoms with Crippen molar-refractivity contribution in [2.75, 3.05) is 0 Å². The lowest BCUT2D eigenvalue weighted by atomic mass is 10.1. The van der Waals surface area contributed by atoms with Gasteiger partial charge < -0.3 is 5.11 Å². The number of rotatable bonds is 4. The molecule has 0 fully saturated rings. The Kier molecular flexibility index (Phi) is 4.40. The van der Waals surface area contributed by atoms with E-state index in [1.807, 2.05) is 36.4 Å². The summed E-state index contributed by atoms with van der Waals surface area (Å²) in [6, 6.07) is 9.80. The zero-order valence-corrected chi connectivity index (χ0v) is 8.56. The molecule has 0 amide bonds. The molecule has 0 saturated heterocycles. The molecule has 1 heteroatoms. The number of aliphatic hydroxyl groups excluding tert-OH is 1. The summed E-state index contributed by atoms with van der Waals surface area (Å²) in [4.78, 5) is 0. The minimum absolute atomic E-state index is 0.417. The predicted molar refractivity (Wildman–Crippen MR) is 64.1 cm³/mol. The fraction of sp³-hybridized carbons (Fsp3) is 0.143. The Morgan fingerprint density at radius 1 is 1.47 bits per heavy atom. The van der Waals surface area contributed by atoms with Gasteiger partial charge in [-0.25, -0.2) is 0 Å². The molecule has 0 aliphatic heterocycles. The van der Waals surface area contributed by atoms with Gasteiger partial charge in [-0.2, -0.15) is 0 Å². The molecule has 1 N–H and O–H groups in total. The molecule has 0 spiro atoms. The standard InChI is InChI=1S/C14H14O/c1-3-12(2)11-14(15)10-9-13-7-5-4-6-8-13/h1,4-10,14-15H,2,11H2/b10-9+/t14-/m1/s1. The van der Waals surface area contributed by atoms with Crippen molar-refractivity contribution in [1.82, 2.24) is 0 Å². The van der Waals surface area contributed by atoms with Gasteiger partial charge >= 0.3 is 0 Å². The molecule has 0 unspecified atom stereocenters. The average Bonchev–Trinajstić information content (AvgIpc) is 2.27. The minimum atomic E-state index is -0.561. The largest absolute Gasteiger partial charge is 0.389 e. The number of hydrogen-bond acceptors (Lipinski definition) is 1. The Labute approximate surface area is 90.8 Å². The average molecular weight is 198 g/mol. The molecular formula is C14H14O. The van der Waals surface area contributed by atoms with Gasteiger partial charge in [0.1, 0.15) is 0 Å². The van der Waals surface area contributed by atoms with Crippen molar-refractivity contribution in [3.05, 3.63) is 54.1 Å². The van der Waals surface area contributed by atoms with Gasteiger partial charge in [-0.15, -0.1) is 6.42 Å². The van der Waals surface area contributed by atoms with Crippen LogP contribution in [0.3, 0.4) is 0 Å². The molecule has 1 aromatic carbocycles. The highest BCUT2D eigenvalue weighted by atomic mass is 16.3. The first-order chi connectivity index (χ1) is 7.22. The van der Waals surface area contributed by atoms with Gasteiger partial charge in [0.15, 0.2) is 0 Å². The highest BCUT2D eigenvalue weighted by Crippen LogP contribution is 2.06. The highest BCUT2D eigenvalue weighted by Gasteiger charge is 1.99. The molecule has 0 bridgehead atoms. The van der Waals surface area contributed by atoms with Crippen LogP contribution < -0.4 is 0 Å². The SMILES string of the molecule is C#CC(=C)C[C@H](O)/C=C/c1ccccc1. The molecule has 0 aromatic heterocycles. The van der Waals surface area contributed by atoms with Crippen LogP contribution in [-0.2, 0) is 0 Å². The van der Waals surface area contributed by atoms with Gasteiger partial charge in [0.05, 0.1) is 6.10 Å². The van der Waals surface area contributed by atoms with Crippen LogP contribution in [0.15, 0.2) is 48.6 Å². The fourth-order valence-corrected chi connectivity index (χ4v) is 1.17. The summed E-state index contributed by atoms with van der Waals surface area (Å²) in [5.41, 5.74) is 1.67. The molecule has 76 valence electrons. The van der Waals surface area contributed by atoms with Gasteiger partial charge in [0.2, 0.25) is 0 Å². The van der Waals surface area contributed by atoms with E-state index in [-0.39, 0.29) is 0 Å². The Morgan fingerprint density at radius 3 is 2.73 bits per heavy atom. The molecule has 1 rings (SSSR count). The Morgan fingerprint density at radius 2 is 2.13 bits per heavy atom. The number of hydrogen-bond donors (Lipinski definition) is 1. The quantitative estimate of drug-likeness (QED) is 0.737. The Balaban J connectivity index is 2.52. The molecule has 1 atom stereocenters. The summed E-state index contributed by atoms with van der Waals surface area (Å²) < 4.78 is 0. The first-order valence-electron chi connectivity index (χ1n) is 4.78. The van der Waals surface area contributed by atoms with Crippen molar-refractivity contribution >= 4 is 6.08 Å². The summed E-state index contributed by atoms with van der Waals surface area (Å²) in [6.07, 6.45) is 8.59. The lowest BCUT2D eigenvalue weighted by Crippen LogP contribution is -2.01. The van der Waals surface area contributed by atoms with Gasteiger partial charge in [-0.1, -0.05) is 55.0 Å². The third kappa shape index (κ3) is 4.30. The van der Waals surface area contributed by atoms with Crippen molar-refractivity contribution in [2.24, 2.45) is 0 Å². The van der Waals surface area contributed by atoms with E-state index in [0.29, 0.717) is 12.0 Å². The molecule has 15 heavy (non-hydrogen) atoms. The lowest BCUT2D eigenvalue weighted by Gasteiger charge is -2.03. The molecule has 1 nitrogen and oxygen atoms in total. The van der Waals surface area contributed by atoms with E-state index in [9.17, 15) is 5.11 Å². The maximum atomic E-state index is 9.57. The number of benzene rings is 1. The molecule has 0 heterocycles. The highest BCUT2D eigenvalue weighted by molar-refractivity contribution is 5.49. The van der Waals surface area contributed by atoms with Crippen LogP contribution in [0, 0.1) is 12.3 Å². The minimum Gasteiger partial charge on any atom is -0.389 e. The smallest absolute Gasteiger partial charge is 0.0770 e. The van der Waals surface area contributed by atoms with Crippen molar-refractivity contribution < 1.29 is 5.11 Å². The third-order valence-electron chi connectivity index (χ3n) is 1.97. The molecule has 0 saturated carbocycles. The lowest BCUT2D eigenvalue weighted by molar-refractivity contribution is 0.226. The molecule has 0 aliphatic carbocycles. The first-order valence-corrected chi connectivity index (χ1v) is 4.78. The van der Waals surface area contributed by atoms with Crippen LogP contribution in [0.2, 0.25) is 0 Å². The van der Waals surface area contributed by atoms with Crippen LogP contribution in [0.4, 0.5) is 0 Å². The molecule has 0 aliphatic rings. The second kappa shape index (κ2) is 5.85. The van der Waals surface area contributed by atoms with Crippen LogP contribution in [0.25, 0.3) is 6.08 Å². The molecule has 1 aromatic rings. The monoisotopic (exact) mass is 198 g/mol. The van der Waals surface area contributed by atoms with Crippen molar-refractivity contribution in [3.63, 3.8) is 0 Å². The summed E-state index contributed by atoms with van der Waals surface area (Å²) in [7, 11) is 0. The topological polar surface area (TPSA) is 20.2 Å². The van der Waals surface area contributed by atoms with Crippen LogP contribution >= 0.6 is 0 Å². The maximum Gasteiger partial charge on any atom is 0.0770 e. The summed E-state index contributed by atoms with van der Waals surface area (Å²) in [5.74, 6) is 2.41. The molecular weight excluding hydrogens is 184 g/mol. The van der Waals surface area contributed by atoms with Gasteiger partial charge in [-0.3, -0.25) is 0 Å². The van der Waals surface area contributed by atoms with E-state index in [0.717, 1.165) is 5.56 Å². The van der Waals surface area contributed by atoms with Gasteiger partial charge in [0, 0.05) is 6.42 Å². The van der Waals surface area contributed by atoms with Crippen molar-refractivity contribution in [1.29, 1.82) is 0 Å². The van der Waals surface area contributed by atoms with Crippen LogP contribution in [0.5, 0.6) is 0 Å². The fourth-order valence-electron chi connectivity index (χ4n) is 1.17. The zero-order chi connectivity index (χ0) is 11.1. The van der Waals surface area contributed by atoms with E-state index in [1.165, 1.54) is 0 Å². The first kappa shape index (κ1) is 11.3. The van der Waals surface area contributed by atoms with Gasteiger partial charge in [0.25, 0.3) is 0 Å². The van der Waals surface area contributed by atoms with E-state index in [4.69, 9.17) is 6.42 Å². The number of terminal acetylenes is 1. The molecule has 0 radical (unpaired) electrons. The van der Waals surface area contributed by atoms with E-state index in [1.54, 1.807) is 6.08 Å². The summed E-state index contributed by atoms with van der Waals surface area (Å²) >= 11 is 0. The Bertz CT molecular complexity index is 382. The number of aliphatic hydroxyl groups is 1. The van der Waals surface area contributed by atoms with E-state index >= 15 is 0 Å². The van der Waals surface area contributed by atoms with Crippen LogP contribution in [-0.4, -0.2) is 11.2 Å². The maximum absolute atomic E-state index is 9.57. The van der Waals surface area contributed by atoms with Crippen LogP contribution in [0.1, 0.15) is 12.0 Å². The second-order valence-electron chi connectivity index (χ2n) is 3.29. The normalized spacial score (nSPS) is 12.3. The second-order valence-corrected chi connectivity index (χ2v) is 3.29.